The summed E-state index contributed by atoms with van der Waals surface area (Å²) in [5, 5.41) is 0.526. The summed E-state index contributed by atoms with van der Waals surface area (Å²) in [6, 6.07) is 0. The molecule has 0 radical (unpaired) electrons. The predicted molar refractivity (Wildman–Crippen MR) is 61.7 cm³/mol. The zero-order chi connectivity index (χ0) is 10.6. The molecule has 0 saturated carbocycles. The highest BCUT2D eigenvalue weighted by Crippen LogP contribution is 2.19. The van der Waals surface area contributed by atoms with Crippen LogP contribution in [0, 0.1) is 0 Å². The summed E-state index contributed by atoms with van der Waals surface area (Å²) < 4.78 is 0. The van der Waals surface area contributed by atoms with Gasteiger partial charge in [0.25, 0.3) is 0 Å². The van der Waals surface area contributed by atoms with Crippen LogP contribution in [-0.2, 0) is 0 Å². The fourth-order valence-electron chi connectivity index (χ4n) is 0.971. The van der Waals surface area contributed by atoms with E-state index in [4.69, 9.17) is 29.6 Å². The van der Waals surface area contributed by atoms with Gasteiger partial charge in [-0.25, -0.2) is 9.97 Å². The summed E-state index contributed by atoms with van der Waals surface area (Å²) in [5.74, 6) is 0.693. The van der Waals surface area contributed by atoms with Crippen molar-refractivity contribution in [2.45, 2.75) is 6.42 Å². The van der Waals surface area contributed by atoms with Crippen molar-refractivity contribution in [3.8, 4) is 0 Å². The number of rotatable bonds is 4. The van der Waals surface area contributed by atoms with E-state index in [-0.39, 0.29) is 0 Å². The van der Waals surface area contributed by atoms with Crippen LogP contribution in [0.1, 0.15) is 6.42 Å². The lowest BCUT2D eigenvalue weighted by Crippen LogP contribution is -2.24. The third kappa shape index (κ3) is 3.08. The molecule has 0 aliphatic carbocycles. The zero-order valence-corrected chi connectivity index (χ0v) is 9.35. The van der Waals surface area contributed by atoms with Crippen molar-refractivity contribution >= 4 is 34.6 Å². The van der Waals surface area contributed by atoms with E-state index in [1.165, 1.54) is 6.33 Å². The molecule has 0 aliphatic rings. The van der Waals surface area contributed by atoms with Gasteiger partial charge in [-0.2, -0.15) is 0 Å². The van der Waals surface area contributed by atoms with Crippen molar-refractivity contribution in [3.63, 3.8) is 0 Å². The molecule has 0 spiro atoms. The van der Waals surface area contributed by atoms with Crippen LogP contribution in [0.25, 0.3) is 0 Å². The molecule has 0 aliphatic heterocycles. The van der Waals surface area contributed by atoms with Crippen LogP contribution in [-0.4, -0.2) is 28.5 Å². The molecule has 0 saturated heterocycles. The minimum absolute atomic E-state index is 0.488. The average molecular weight is 231 g/mol. The minimum atomic E-state index is 0.488. The Hall–Kier alpha value is -0.940. The van der Waals surface area contributed by atoms with E-state index in [0.717, 1.165) is 0 Å². The monoisotopic (exact) mass is 230 g/mol. The van der Waals surface area contributed by atoms with E-state index in [1.807, 2.05) is 11.9 Å². The summed E-state index contributed by atoms with van der Waals surface area (Å²) in [7, 11) is 1.88. The van der Waals surface area contributed by atoms with Gasteiger partial charge in [0.05, 0.1) is 11.2 Å². The molecular weight excluding hydrogens is 220 g/mol. The van der Waals surface area contributed by atoms with Gasteiger partial charge in [0.15, 0.2) is 5.82 Å². The maximum absolute atomic E-state index is 5.90. The Bertz CT molecular complexity index is 331. The second-order valence-electron chi connectivity index (χ2n) is 2.83. The second-order valence-corrected chi connectivity index (χ2v) is 3.76. The van der Waals surface area contributed by atoms with Crippen molar-refractivity contribution in [1.82, 2.24) is 9.97 Å². The Labute approximate surface area is 93.1 Å². The molecule has 1 aromatic heterocycles. The number of nitrogens with two attached hydrogens (primary N) is 1. The van der Waals surface area contributed by atoms with E-state index in [1.54, 1.807) is 6.20 Å². The average Bonchev–Trinajstić information content (AvgIpc) is 2.15. The molecule has 1 rings (SSSR count). The third-order valence-corrected chi connectivity index (χ3v) is 2.17. The van der Waals surface area contributed by atoms with Gasteiger partial charge >= 0.3 is 0 Å². The molecule has 76 valence electrons. The van der Waals surface area contributed by atoms with Crippen LogP contribution in [0.4, 0.5) is 5.82 Å². The highest BCUT2D eigenvalue weighted by molar-refractivity contribution is 7.80. The standard InChI is InChI=1S/C8H11ClN4S/c1-13(3-2-7(10)14)8-6(9)4-11-5-12-8/h4-5H,2-3H2,1H3,(H2,10,14). The molecule has 1 heterocycles. The van der Waals surface area contributed by atoms with E-state index in [0.29, 0.717) is 28.8 Å². The Morgan fingerprint density at radius 2 is 2.43 bits per heavy atom. The summed E-state index contributed by atoms with van der Waals surface area (Å²) in [5.41, 5.74) is 5.40. The zero-order valence-electron chi connectivity index (χ0n) is 7.77. The van der Waals surface area contributed by atoms with Crippen molar-refractivity contribution in [3.05, 3.63) is 17.5 Å². The van der Waals surface area contributed by atoms with Gasteiger partial charge in [-0.15, -0.1) is 0 Å². The molecule has 0 atom stereocenters. The predicted octanol–water partition coefficient (Wildman–Crippen LogP) is 1.24. The lowest BCUT2D eigenvalue weighted by molar-refractivity contribution is 0.892. The van der Waals surface area contributed by atoms with Gasteiger partial charge < -0.3 is 10.6 Å². The van der Waals surface area contributed by atoms with Gasteiger partial charge in [-0.1, -0.05) is 23.8 Å². The van der Waals surface area contributed by atoms with E-state index >= 15 is 0 Å². The summed E-state index contributed by atoms with van der Waals surface area (Å²) in [6.07, 6.45) is 3.66. The molecule has 0 fully saturated rings. The van der Waals surface area contributed by atoms with Gasteiger partial charge in [0, 0.05) is 20.0 Å². The summed E-state index contributed by atoms with van der Waals surface area (Å²) in [6.45, 7) is 0.700. The normalized spacial score (nSPS) is 9.86. The molecule has 6 heteroatoms. The summed E-state index contributed by atoms with van der Waals surface area (Å²) in [4.78, 5) is 10.2. The minimum Gasteiger partial charge on any atom is -0.393 e. The maximum Gasteiger partial charge on any atom is 0.150 e. The second kappa shape index (κ2) is 5.07. The number of hydrogen-bond donors (Lipinski definition) is 1. The number of hydrogen-bond acceptors (Lipinski definition) is 4. The van der Waals surface area contributed by atoms with Crippen molar-refractivity contribution < 1.29 is 0 Å². The number of aromatic nitrogens is 2. The molecular formula is C8H11ClN4S. The molecule has 0 unspecified atom stereocenters. The largest absolute Gasteiger partial charge is 0.393 e. The third-order valence-electron chi connectivity index (χ3n) is 1.70. The van der Waals surface area contributed by atoms with Crippen molar-refractivity contribution in [2.75, 3.05) is 18.5 Å². The van der Waals surface area contributed by atoms with Crippen molar-refractivity contribution in [2.24, 2.45) is 5.73 Å². The van der Waals surface area contributed by atoms with E-state index < -0.39 is 0 Å². The van der Waals surface area contributed by atoms with Gasteiger partial charge in [0.1, 0.15) is 11.3 Å². The first kappa shape index (κ1) is 11.1. The van der Waals surface area contributed by atoms with E-state index in [2.05, 4.69) is 9.97 Å². The van der Waals surface area contributed by atoms with Crippen LogP contribution in [0.3, 0.4) is 0 Å². The quantitative estimate of drug-likeness (QED) is 0.789. The van der Waals surface area contributed by atoms with E-state index in [9.17, 15) is 0 Å². The van der Waals surface area contributed by atoms with Crippen LogP contribution >= 0.6 is 23.8 Å². The van der Waals surface area contributed by atoms with Gasteiger partial charge in [-0.05, 0) is 0 Å². The van der Waals surface area contributed by atoms with Crippen LogP contribution in [0.5, 0.6) is 0 Å². The highest BCUT2D eigenvalue weighted by atomic mass is 35.5. The smallest absolute Gasteiger partial charge is 0.150 e. The SMILES string of the molecule is CN(CCC(N)=S)c1ncncc1Cl. The van der Waals surface area contributed by atoms with Gasteiger partial charge in [0.2, 0.25) is 0 Å². The topological polar surface area (TPSA) is 55.0 Å². The Balaban J connectivity index is 2.65. The maximum atomic E-state index is 5.90. The molecule has 2 N–H and O–H groups in total. The van der Waals surface area contributed by atoms with Crippen LogP contribution in [0.2, 0.25) is 5.02 Å². The fourth-order valence-corrected chi connectivity index (χ4v) is 1.31. The molecule has 4 nitrogen and oxygen atoms in total. The lowest BCUT2D eigenvalue weighted by Gasteiger charge is -2.18. The molecule has 0 amide bonds. The Kier molecular flexibility index (Phi) is 4.03. The Morgan fingerprint density at radius 1 is 1.71 bits per heavy atom. The van der Waals surface area contributed by atoms with Crippen LogP contribution in [0.15, 0.2) is 12.5 Å². The molecule has 1 aromatic rings. The summed E-state index contributed by atoms with van der Waals surface area (Å²) >= 11 is 10.7. The highest BCUT2D eigenvalue weighted by Gasteiger charge is 2.06. The first-order valence-corrected chi connectivity index (χ1v) is 4.85. The van der Waals surface area contributed by atoms with Crippen LogP contribution < -0.4 is 10.6 Å². The molecule has 14 heavy (non-hydrogen) atoms. The van der Waals surface area contributed by atoms with Gasteiger partial charge in [-0.3, -0.25) is 0 Å². The number of halogens is 1. The number of thiocarbonyl (C=S) groups is 1. The number of nitrogens with zero attached hydrogens (tertiary/aromatic N) is 3. The van der Waals surface area contributed by atoms with Crippen molar-refractivity contribution in [1.29, 1.82) is 0 Å². The lowest BCUT2D eigenvalue weighted by atomic mass is 10.4. The first-order valence-electron chi connectivity index (χ1n) is 4.06. The molecule has 0 bridgehead atoms. The Morgan fingerprint density at radius 3 is 3.00 bits per heavy atom. The molecule has 0 aromatic carbocycles. The fraction of sp³-hybridized carbons (Fsp3) is 0.375. The number of anilines is 1. The first-order chi connectivity index (χ1) is 6.61.